The third-order valence-corrected chi connectivity index (χ3v) is 2.53. The van der Waals surface area contributed by atoms with Crippen LogP contribution in [0.15, 0.2) is 11.4 Å². The van der Waals surface area contributed by atoms with Crippen LogP contribution in [0, 0.1) is 0 Å². The summed E-state index contributed by atoms with van der Waals surface area (Å²) in [7, 11) is 0. The van der Waals surface area contributed by atoms with Gasteiger partial charge < -0.3 is 5.73 Å². The Kier molecular flexibility index (Phi) is 2.65. The van der Waals surface area contributed by atoms with Gasteiger partial charge in [0, 0.05) is 5.56 Å². The molecule has 0 aliphatic heterocycles. The predicted octanol–water partition coefficient (Wildman–Crippen LogP) is 2.96. The maximum absolute atomic E-state index is 12.0. The minimum Gasteiger partial charge on any atom is -0.316 e. The van der Waals surface area contributed by atoms with Gasteiger partial charge in [0.2, 0.25) is 0 Å². The van der Waals surface area contributed by atoms with E-state index in [2.05, 4.69) is 0 Å². The maximum Gasteiger partial charge on any atom is 0.407 e. The first-order chi connectivity index (χ1) is 5.43. The monoisotopic (exact) mass is 215 g/mol. The summed E-state index contributed by atoms with van der Waals surface area (Å²) in [6.45, 7) is 0. The maximum atomic E-state index is 12.0. The molecule has 1 nitrogen and oxygen atoms in total. The molecular formula is C6H5ClF3NS. The van der Waals surface area contributed by atoms with Crippen molar-refractivity contribution < 1.29 is 13.2 Å². The molecule has 1 aromatic rings. The zero-order valence-corrected chi connectivity index (χ0v) is 7.30. The highest BCUT2D eigenvalue weighted by molar-refractivity contribution is 7.14. The van der Waals surface area contributed by atoms with Crippen molar-refractivity contribution in [3.8, 4) is 0 Å². The molecule has 1 atom stereocenters. The molecule has 0 aliphatic rings. The number of hydrogen-bond acceptors (Lipinski definition) is 2. The summed E-state index contributed by atoms with van der Waals surface area (Å²) < 4.78 is 36.1. The first-order valence-electron chi connectivity index (χ1n) is 2.98. The van der Waals surface area contributed by atoms with Gasteiger partial charge in [0.15, 0.2) is 0 Å². The lowest BCUT2D eigenvalue weighted by molar-refractivity contribution is -0.149. The van der Waals surface area contributed by atoms with E-state index in [0.717, 1.165) is 11.3 Å². The van der Waals surface area contributed by atoms with Crippen molar-refractivity contribution in [2.45, 2.75) is 12.2 Å². The second-order valence-electron chi connectivity index (χ2n) is 2.17. The molecule has 0 spiro atoms. The molecule has 6 heteroatoms. The van der Waals surface area contributed by atoms with Crippen LogP contribution in [0.5, 0.6) is 0 Å². The molecule has 2 N–H and O–H groups in total. The summed E-state index contributed by atoms with van der Waals surface area (Å²) in [4.78, 5) is 0. The minimum atomic E-state index is -4.43. The van der Waals surface area contributed by atoms with Crippen LogP contribution >= 0.6 is 22.9 Å². The molecule has 1 rings (SSSR count). The van der Waals surface area contributed by atoms with E-state index in [0.29, 0.717) is 0 Å². The van der Waals surface area contributed by atoms with Crippen molar-refractivity contribution in [1.82, 2.24) is 0 Å². The van der Waals surface area contributed by atoms with E-state index in [1.54, 1.807) is 0 Å². The van der Waals surface area contributed by atoms with Gasteiger partial charge in [0.25, 0.3) is 0 Å². The molecule has 0 aliphatic carbocycles. The number of thiophene rings is 1. The number of rotatable bonds is 1. The number of alkyl halides is 3. The smallest absolute Gasteiger partial charge is 0.316 e. The summed E-state index contributed by atoms with van der Waals surface area (Å²) in [5.41, 5.74) is 4.85. The van der Waals surface area contributed by atoms with Crippen LogP contribution in [0.2, 0.25) is 4.34 Å². The van der Waals surface area contributed by atoms with Crippen LogP contribution in [0.1, 0.15) is 11.6 Å². The molecule has 0 bridgehead atoms. The topological polar surface area (TPSA) is 26.0 Å². The van der Waals surface area contributed by atoms with Gasteiger partial charge >= 0.3 is 6.18 Å². The van der Waals surface area contributed by atoms with Gasteiger partial charge in [0.05, 0.1) is 4.34 Å². The fraction of sp³-hybridized carbons (Fsp3) is 0.333. The Labute approximate surface area is 75.9 Å². The summed E-state index contributed by atoms with van der Waals surface area (Å²) >= 11 is 6.51. The lowest BCUT2D eigenvalue weighted by Crippen LogP contribution is -2.28. The summed E-state index contributed by atoms with van der Waals surface area (Å²) in [5, 5.41) is 1.48. The van der Waals surface area contributed by atoms with Gasteiger partial charge in [-0.15, -0.1) is 11.3 Å². The Balaban J connectivity index is 2.92. The molecule has 0 amide bonds. The highest BCUT2D eigenvalue weighted by Gasteiger charge is 2.39. The highest BCUT2D eigenvalue weighted by atomic mass is 35.5. The third-order valence-electron chi connectivity index (χ3n) is 1.33. The fourth-order valence-corrected chi connectivity index (χ4v) is 1.70. The average molecular weight is 216 g/mol. The standard InChI is InChI=1S/C6H5ClF3NS/c7-5-3(1-2-12-5)4(11)6(8,9)10/h1-2,4H,11H2/t4-/m0/s1. The van der Waals surface area contributed by atoms with Crippen molar-refractivity contribution in [3.05, 3.63) is 21.3 Å². The van der Waals surface area contributed by atoms with Crippen molar-refractivity contribution in [1.29, 1.82) is 0 Å². The molecule has 0 unspecified atom stereocenters. The van der Waals surface area contributed by atoms with Crippen LogP contribution in [-0.2, 0) is 0 Å². The van der Waals surface area contributed by atoms with Crippen LogP contribution < -0.4 is 5.73 Å². The second kappa shape index (κ2) is 3.24. The van der Waals surface area contributed by atoms with E-state index >= 15 is 0 Å². The number of halogens is 4. The highest BCUT2D eigenvalue weighted by Crippen LogP contribution is 2.36. The van der Waals surface area contributed by atoms with Crippen molar-refractivity contribution in [2.24, 2.45) is 5.73 Å². The first-order valence-corrected chi connectivity index (χ1v) is 4.24. The predicted molar refractivity (Wildman–Crippen MR) is 42.3 cm³/mol. The van der Waals surface area contributed by atoms with E-state index in [4.69, 9.17) is 17.3 Å². The average Bonchev–Trinajstić information content (AvgIpc) is 2.31. The van der Waals surface area contributed by atoms with Crippen molar-refractivity contribution >= 4 is 22.9 Å². The molecular weight excluding hydrogens is 211 g/mol. The molecule has 0 aromatic carbocycles. The fourth-order valence-electron chi connectivity index (χ4n) is 0.703. The number of nitrogens with two attached hydrogens (primary N) is 1. The summed E-state index contributed by atoms with van der Waals surface area (Å²) in [6.07, 6.45) is -4.43. The van der Waals surface area contributed by atoms with Crippen molar-refractivity contribution in [3.63, 3.8) is 0 Å². The molecule has 0 saturated carbocycles. The zero-order valence-electron chi connectivity index (χ0n) is 5.73. The quantitative estimate of drug-likeness (QED) is 0.766. The Hall–Kier alpha value is -0.260. The zero-order chi connectivity index (χ0) is 9.35. The molecule has 1 aromatic heterocycles. The number of hydrogen-bond donors (Lipinski definition) is 1. The van der Waals surface area contributed by atoms with E-state index in [-0.39, 0.29) is 9.90 Å². The first kappa shape index (κ1) is 9.83. The SMILES string of the molecule is N[C@@H](c1ccsc1Cl)C(F)(F)F. The van der Waals surface area contributed by atoms with Gasteiger partial charge in [-0.05, 0) is 11.4 Å². The Morgan fingerprint density at radius 2 is 2.08 bits per heavy atom. The molecule has 0 radical (unpaired) electrons. The van der Waals surface area contributed by atoms with Gasteiger partial charge in [-0.2, -0.15) is 13.2 Å². The van der Waals surface area contributed by atoms with Gasteiger partial charge in [-0.1, -0.05) is 11.6 Å². The van der Waals surface area contributed by atoms with Gasteiger partial charge in [-0.25, -0.2) is 0 Å². The summed E-state index contributed by atoms with van der Waals surface area (Å²) in [6, 6.07) is -0.693. The molecule has 1 heterocycles. The van der Waals surface area contributed by atoms with Crippen molar-refractivity contribution in [2.75, 3.05) is 0 Å². The Morgan fingerprint density at radius 3 is 2.42 bits per heavy atom. The van der Waals surface area contributed by atoms with Crippen LogP contribution in [0.25, 0.3) is 0 Å². The van der Waals surface area contributed by atoms with Gasteiger partial charge in [0.1, 0.15) is 6.04 Å². The summed E-state index contributed by atoms with van der Waals surface area (Å²) in [5.74, 6) is 0. The van der Waals surface area contributed by atoms with E-state index in [1.165, 1.54) is 11.4 Å². The molecule has 12 heavy (non-hydrogen) atoms. The lowest BCUT2D eigenvalue weighted by Gasteiger charge is -2.14. The third kappa shape index (κ3) is 1.91. The normalized spacial score (nSPS) is 14.8. The second-order valence-corrected chi connectivity index (χ2v) is 3.69. The van der Waals surface area contributed by atoms with Crippen LogP contribution in [0.4, 0.5) is 13.2 Å². The van der Waals surface area contributed by atoms with Crippen LogP contribution in [-0.4, -0.2) is 6.18 Å². The molecule has 0 saturated heterocycles. The Morgan fingerprint density at radius 1 is 1.50 bits per heavy atom. The van der Waals surface area contributed by atoms with Crippen LogP contribution in [0.3, 0.4) is 0 Å². The Bertz CT molecular complexity index is 270. The minimum absolute atomic E-state index is 0.0610. The lowest BCUT2D eigenvalue weighted by atomic mass is 10.1. The van der Waals surface area contributed by atoms with E-state index < -0.39 is 12.2 Å². The van der Waals surface area contributed by atoms with Gasteiger partial charge in [-0.3, -0.25) is 0 Å². The van der Waals surface area contributed by atoms with E-state index in [9.17, 15) is 13.2 Å². The largest absolute Gasteiger partial charge is 0.407 e. The molecule has 0 fully saturated rings. The molecule has 68 valence electrons. The van der Waals surface area contributed by atoms with E-state index in [1.807, 2.05) is 0 Å².